The summed E-state index contributed by atoms with van der Waals surface area (Å²) in [4.78, 5) is 0. The molecule has 38 heavy (non-hydrogen) atoms. The van der Waals surface area contributed by atoms with Crippen molar-refractivity contribution in [1.29, 1.82) is 0 Å². The first-order valence-electron chi connectivity index (χ1n) is 13.0. The molecule has 0 radical (unpaired) electrons. The molecule has 0 saturated carbocycles. The third-order valence-corrected chi connectivity index (χ3v) is 6.06. The largest absolute Gasteiger partial charge is 0.493 e. The van der Waals surface area contributed by atoms with Crippen LogP contribution in [-0.2, 0) is 0 Å². The second-order valence-corrected chi connectivity index (χ2v) is 8.84. The van der Waals surface area contributed by atoms with Crippen LogP contribution in [0.1, 0.15) is 35.1 Å². The fraction of sp³-hybridized carbons (Fsp3) is 0.111. The van der Waals surface area contributed by atoms with Crippen molar-refractivity contribution in [1.82, 2.24) is 0 Å². The molecule has 190 valence electrons. The number of hydrogen-bond donors (Lipinski definition) is 0. The van der Waals surface area contributed by atoms with Crippen molar-refractivity contribution in [2.75, 3.05) is 13.2 Å². The van der Waals surface area contributed by atoms with E-state index in [1.54, 1.807) is 0 Å². The lowest BCUT2D eigenvalue weighted by atomic mass is 10.0. The van der Waals surface area contributed by atoms with Crippen molar-refractivity contribution in [3.63, 3.8) is 0 Å². The van der Waals surface area contributed by atoms with Crippen LogP contribution in [0.3, 0.4) is 0 Å². The first-order valence-corrected chi connectivity index (χ1v) is 13.0. The predicted octanol–water partition coefficient (Wildman–Crippen LogP) is 9.60. The van der Waals surface area contributed by atoms with Gasteiger partial charge in [0.2, 0.25) is 0 Å². The Hall–Kier alpha value is -4.56. The van der Waals surface area contributed by atoms with Gasteiger partial charge in [-0.25, -0.2) is 0 Å². The van der Waals surface area contributed by atoms with E-state index < -0.39 is 0 Å². The average Bonchev–Trinajstić information content (AvgIpc) is 2.97. The molecule has 0 aliphatic rings. The lowest BCUT2D eigenvalue weighted by molar-refractivity contribution is 0.324. The second-order valence-electron chi connectivity index (χ2n) is 8.84. The molecule has 0 bridgehead atoms. The van der Waals surface area contributed by atoms with Gasteiger partial charge >= 0.3 is 0 Å². The van der Waals surface area contributed by atoms with Gasteiger partial charge in [0, 0.05) is 11.1 Å². The molecule has 0 aliphatic heterocycles. The van der Waals surface area contributed by atoms with Gasteiger partial charge < -0.3 is 9.47 Å². The highest BCUT2D eigenvalue weighted by atomic mass is 16.5. The molecule has 0 heterocycles. The third-order valence-electron chi connectivity index (χ3n) is 6.06. The van der Waals surface area contributed by atoms with E-state index in [1.165, 1.54) is 11.1 Å². The van der Waals surface area contributed by atoms with Crippen molar-refractivity contribution >= 4 is 24.3 Å². The number of ether oxygens (including phenoxy) is 2. The Morgan fingerprint density at radius 3 is 1.26 bits per heavy atom. The number of benzene rings is 4. The fourth-order valence-electron chi connectivity index (χ4n) is 3.95. The molecule has 0 aromatic heterocycles. The van der Waals surface area contributed by atoms with E-state index in [-0.39, 0.29) is 0 Å². The summed E-state index contributed by atoms with van der Waals surface area (Å²) in [5.74, 6) is 1.78. The molecule has 0 aliphatic carbocycles. The van der Waals surface area contributed by atoms with E-state index in [9.17, 15) is 0 Å². The van der Waals surface area contributed by atoms with Crippen molar-refractivity contribution in [2.45, 2.75) is 12.8 Å². The molecule has 0 N–H and O–H groups in total. The van der Waals surface area contributed by atoms with Crippen LogP contribution >= 0.6 is 0 Å². The van der Waals surface area contributed by atoms with E-state index in [4.69, 9.17) is 9.47 Å². The molecule has 4 aromatic carbocycles. The van der Waals surface area contributed by atoms with Crippen molar-refractivity contribution in [3.05, 3.63) is 145 Å². The molecule has 0 unspecified atom stereocenters. The quantitative estimate of drug-likeness (QED) is 0.104. The molecule has 4 aromatic rings. The highest BCUT2D eigenvalue weighted by Crippen LogP contribution is 2.25. The van der Waals surface area contributed by atoms with Crippen LogP contribution in [0.5, 0.6) is 11.5 Å². The predicted molar refractivity (Wildman–Crippen MR) is 163 cm³/mol. The van der Waals surface area contributed by atoms with Crippen LogP contribution < -0.4 is 9.47 Å². The normalized spacial score (nSPS) is 11.1. The van der Waals surface area contributed by atoms with Gasteiger partial charge in [-0.2, -0.15) is 0 Å². The van der Waals surface area contributed by atoms with Gasteiger partial charge in [0.15, 0.2) is 0 Å². The summed E-state index contributed by atoms with van der Waals surface area (Å²) < 4.78 is 11.8. The highest BCUT2D eigenvalue weighted by molar-refractivity contribution is 5.76. The van der Waals surface area contributed by atoms with Crippen LogP contribution in [0.15, 0.2) is 122 Å². The summed E-state index contributed by atoms with van der Waals surface area (Å²) in [6, 6.07) is 33.4. The van der Waals surface area contributed by atoms with Crippen LogP contribution in [0, 0.1) is 0 Å². The Kier molecular flexibility index (Phi) is 9.94. The van der Waals surface area contributed by atoms with Crippen molar-refractivity contribution in [2.24, 2.45) is 0 Å². The molecule has 0 amide bonds. The molecule has 2 nitrogen and oxygen atoms in total. The van der Waals surface area contributed by atoms with Gasteiger partial charge in [-0.3, -0.25) is 0 Å². The van der Waals surface area contributed by atoms with Gasteiger partial charge in [0.05, 0.1) is 13.2 Å². The molecule has 0 atom stereocenters. The minimum atomic E-state index is 0.634. The lowest BCUT2D eigenvalue weighted by Crippen LogP contribution is -1.96. The summed E-state index contributed by atoms with van der Waals surface area (Å²) in [5, 5.41) is 0. The highest BCUT2D eigenvalue weighted by Gasteiger charge is 2.02. The number of para-hydroxylation sites is 2. The topological polar surface area (TPSA) is 18.5 Å². The van der Waals surface area contributed by atoms with Gasteiger partial charge in [-0.05, 0) is 47.2 Å². The summed E-state index contributed by atoms with van der Waals surface area (Å²) in [5.41, 5.74) is 6.79. The van der Waals surface area contributed by atoms with Crippen LogP contribution in [0.4, 0.5) is 0 Å². The molecule has 2 heteroatoms. The van der Waals surface area contributed by atoms with E-state index in [1.807, 2.05) is 48.6 Å². The average molecular weight is 499 g/mol. The SMILES string of the molecule is C=CCCOc1ccccc1C=Cc1ccc(-c2ccc(C=Cc3ccccc3OCCC=C)cc2)cc1. The molecular formula is C36H34O2. The zero-order chi connectivity index (χ0) is 26.4. The Bertz CT molecular complexity index is 1270. The fourth-order valence-corrected chi connectivity index (χ4v) is 3.95. The second kappa shape index (κ2) is 14.2. The monoisotopic (exact) mass is 498 g/mol. The zero-order valence-corrected chi connectivity index (χ0v) is 21.8. The zero-order valence-electron chi connectivity index (χ0n) is 21.8. The van der Waals surface area contributed by atoms with Crippen molar-refractivity contribution < 1.29 is 9.47 Å². The minimum Gasteiger partial charge on any atom is -0.493 e. The van der Waals surface area contributed by atoms with E-state index in [2.05, 4.69) is 98.1 Å². The standard InChI is InChI=1S/C36H34O2/c1-3-5-27-37-35-13-9-7-11-33(35)25-19-29-15-21-31(22-16-29)32-23-17-30(18-24-32)20-26-34-12-8-10-14-36(34)38-28-6-4-2/h3-4,7-26H,1-2,5-6,27-28H2. The smallest absolute Gasteiger partial charge is 0.126 e. The lowest BCUT2D eigenvalue weighted by Gasteiger charge is -2.08. The molecule has 0 spiro atoms. The van der Waals surface area contributed by atoms with E-state index in [0.29, 0.717) is 13.2 Å². The van der Waals surface area contributed by atoms with E-state index >= 15 is 0 Å². The maximum Gasteiger partial charge on any atom is 0.126 e. The summed E-state index contributed by atoms with van der Waals surface area (Å²) in [7, 11) is 0. The number of hydrogen-bond acceptors (Lipinski definition) is 2. The van der Waals surface area contributed by atoms with Gasteiger partial charge in [0.1, 0.15) is 11.5 Å². The maximum absolute atomic E-state index is 5.88. The van der Waals surface area contributed by atoms with Crippen LogP contribution in [0.2, 0.25) is 0 Å². The van der Waals surface area contributed by atoms with Crippen molar-refractivity contribution in [3.8, 4) is 22.6 Å². The van der Waals surface area contributed by atoms with Crippen LogP contribution in [-0.4, -0.2) is 13.2 Å². The summed E-state index contributed by atoms with van der Waals surface area (Å²) >= 11 is 0. The first kappa shape index (κ1) is 26.5. The Morgan fingerprint density at radius 2 is 0.868 bits per heavy atom. The molecule has 4 rings (SSSR count). The van der Waals surface area contributed by atoms with E-state index in [0.717, 1.165) is 46.6 Å². The third kappa shape index (κ3) is 7.72. The minimum absolute atomic E-state index is 0.634. The Morgan fingerprint density at radius 1 is 0.474 bits per heavy atom. The van der Waals surface area contributed by atoms with Gasteiger partial charge in [0.25, 0.3) is 0 Å². The molecule has 0 fully saturated rings. The maximum atomic E-state index is 5.88. The van der Waals surface area contributed by atoms with Gasteiger partial charge in [-0.1, -0.05) is 121 Å². The summed E-state index contributed by atoms with van der Waals surface area (Å²) in [6.07, 6.45) is 13.8. The first-order chi connectivity index (χ1) is 18.8. The summed E-state index contributed by atoms with van der Waals surface area (Å²) in [6.45, 7) is 8.77. The van der Waals surface area contributed by atoms with Crippen LogP contribution in [0.25, 0.3) is 35.4 Å². The molecule has 0 saturated heterocycles. The van der Waals surface area contributed by atoms with Gasteiger partial charge in [-0.15, -0.1) is 13.2 Å². The Labute approximate surface area is 226 Å². The Balaban J connectivity index is 1.40. The molecular weight excluding hydrogens is 464 g/mol. The number of rotatable bonds is 13.